The number of rotatable bonds is 3. The predicted molar refractivity (Wildman–Crippen MR) is 101 cm³/mol. The molecule has 2 aromatic carbocycles. The number of hydrogen-bond donors (Lipinski definition) is 0. The molecule has 0 saturated heterocycles. The minimum absolute atomic E-state index is 0.0609. The molecule has 0 bridgehead atoms. The van der Waals surface area contributed by atoms with Crippen molar-refractivity contribution in [1.82, 2.24) is 4.57 Å². The van der Waals surface area contributed by atoms with Gasteiger partial charge in [-0.25, -0.2) is 0 Å². The van der Waals surface area contributed by atoms with E-state index in [0.717, 1.165) is 16.2 Å². The van der Waals surface area contributed by atoms with Gasteiger partial charge in [0.15, 0.2) is 0 Å². The fourth-order valence-corrected chi connectivity index (χ4v) is 3.17. The van der Waals surface area contributed by atoms with Gasteiger partial charge in [0, 0.05) is 5.02 Å². The van der Waals surface area contributed by atoms with Crippen LogP contribution >= 0.6 is 11.6 Å². The molecule has 0 unspecified atom stereocenters. The van der Waals surface area contributed by atoms with E-state index in [1.165, 1.54) is 6.07 Å². The van der Waals surface area contributed by atoms with Crippen molar-refractivity contribution in [1.29, 1.82) is 5.26 Å². The standard InChI is InChI=1S/C21H14ClF3N2O/c1-13-5-4-7-14(9-13)19-10-17(21(23,24)25)16(11-26)20(28)27(19)12-15-6-2-3-8-18(15)22/h2-10H,12H2,1H3. The maximum Gasteiger partial charge on any atom is 0.417 e. The molecule has 0 aliphatic carbocycles. The lowest BCUT2D eigenvalue weighted by Gasteiger charge is -2.18. The molecule has 3 nitrogen and oxygen atoms in total. The van der Waals surface area contributed by atoms with Gasteiger partial charge in [-0.15, -0.1) is 0 Å². The Labute approximate surface area is 164 Å². The van der Waals surface area contributed by atoms with Gasteiger partial charge in [0.05, 0.1) is 17.8 Å². The molecule has 0 spiro atoms. The highest BCUT2D eigenvalue weighted by atomic mass is 35.5. The molecule has 0 aliphatic rings. The summed E-state index contributed by atoms with van der Waals surface area (Å²) in [5, 5.41) is 9.60. The van der Waals surface area contributed by atoms with E-state index in [2.05, 4.69) is 0 Å². The molecule has 3 rings (SSSR count). The fourth-order valence-electron chi connectivity index (χ4n) is 2.98. The molecule has 142 valence electrons. The van der Waals surface area contributed by atoms with Crippen LogP contribution in [0.4, 0.5) is 13.2 Å². The second-order valence-corrected chi connectivity index (χ2v) is 6.69. The molecule has 1 heterocycles. The van der Waals surface area contributed by atoms with E-state index in [4.69, 9.17) is 11.6 Å². The smallest absolute Gasteiger partial charge is 0.303 e. The number of nitrogens with zero attached hydrogens (tertiary/aromatic N) is 2. The summed E-state index contributed by atoms with van der Waals surface area (Å²) < 4.78 is 41.6. The van der Waals surface area contributed by atoms with Gasteiger partial charge in [-0.1, -0.05) is 53.6 Å². The molecule has 1 aromatic heterocycles. The zero-order chi connectivity index (χ0) is 20.5. The largest absolute Gasteiger partial charge is 0.417 e. The Kier molecular flexibility index (Phi) is 5.30. The maximum absolute atomic E-state index is 13.5. The number of pyridine rings is 1. The molecule has 3 aromatic rings. The van der Waals surface area contributed by atoms with Crippen LogP contribution in [0.2, 0.25) is 5.02 Å². The van der Waals surface area contributed by atoms with Crippen LogP contribution < -0.4 is 5.56 Å². The van der Waals surface area contributed by atoms with E-state index >= 15 is 0 Å². The Morgan fingerprint density at radius 1 is 1.11 bits per heavy atom. The number of alkyl halides is 3. The molecule has 0 atom stereocenters. The summed E-state index contributed by atoms with van der Waals surface area (Å²) in [6, 6.07) is 15.8. The van der Waals surface area contributed by atoms with Crippen molar-refractivity contribution in [2.45, 2.75) is 19.6 Å². The van der Waals surface area contributed by atoms with Crippen LogP contribution in [0.3, 0.4) is 0 Å². The Hall–Kier alpha value is -3.04. The normalized spacial score (nSPS) is 11.3. The number of aryl methyl sites for hydroxylation is 1. The van der Waals surface area contributed by atoms with Crippen LogP contribution in [-0.4, -0.2) is 4.57 Å². The molecule has 0 aliphatic heterocycles. The Balaban J connectivity index is 2.35. The first kappa shape index (κ1) is 19.7. The van der Waals surface area contributed by atoms with Crippen molar-refractivity contribution >= 4 is 11.6 Å². The fraction of sp³-hybridized carbons (Fsp3) is 0.143. The highest BCUT2D eigenvalue weighted by molar-refractivity contribution is 6.31. The lowest BCUT2D eigenvalue weighted by molar-refractivity contribution is -0.137. The second-order valence-electron chi connectivity index (χ2n) is 6.28. The van der Waals surface area contributed by atoms with Crippen LogP contribution in [0.15, 0.2) is 59.4 Å². The Morgan fingerprint density at radius 2 is 1.82 bits per heavy atom. The molecule has 0 N–H and O–H groups in total. The number of nitriles is 1. The van der Waals surface area contributed by atoms with E-state index in [1.54, 1.807) is 55.5 Å². The second kappa shape index (κ2) is 7.53. The quantitative estimate of drug-likeness (QED) is 0.587. The minimum atomic E-state index is -4.83. The number of benzene rings is 2. The monoisotopic (exact) mass is 402 g/mol. The number of hydrogen-bond acceptors (Lipinski definition) is 2. The lowest BCUT2D eigenvalue weighted by atomic mass is 10.0. The van der Waals surface area contributed by atoms with E-state index in [-0.39, 0.29) is 12.2 Å². The average Bonchev–Trinajstić information content (AvgIpc) is 2.63. The Morgan fingerprint density at radius 3 is 2.43 bits per heavy atom. The van der Waals surface area contributed by atoms with Crippen LogP contribution in [-0.2, 0) is 12.7 Å². The first-order valence-electron chi connectivity index (χ1n) is 8.28. The minimum Gasteiger partial charge on any atom is -0.303 e. The van der Waals surface area contributed by atoms with Crippen LogP contribution in [0, 0.1) is 18.3 Å². The van der Waals surface area contributed by atoms with E-state index in [1.807, 2.05) is 0 Å². The van der Waals surface area contributed by atoms with Gasteiger partial charge in [-0.05, 0) is 36.2 Å². The predicted octanol–water partition coefficient (Wildman–Crippen LogP) is 5.42. The first-order valence-corrected chi connectivity index (χ1v) is 8.65. The molecular formula is C21H14ClF3N2O. The number of aromatic nitrogens is 1. The van der Waals surface area contributed by atoms with Crippen molar-refractivity contribution in [3.05, 3.63) is 92.2 Å². The van der Waals surface area contributed by atoms with Crippen LogP contribution in [0.5, 0.6) is 0 Å². The summed E-state index contributed by atoms with van der Waals surface area (Å²) in [4.78, 5) is 12.9. The van der Waals surface area contributed by atoms with Crippen molar-refractivity contribution in [3.8, 4) is 17.3 Å². The summed E-state index contributed by atoms with van der Waals surface area (Å²) in [6.45, 7) is 1.74. The van der Waals surface area contributed by atoms with Crippen LogP contribution in [0.25, 0.3) is 11.3 Å². The van der Waals surface area contributed by atoms with E-state index in [0.29, 0.717) is 16.1 Å². The van der Waals surface area contributed by atoms with Crippen molar-refractivity contribution in [2.75, 3.05) is 0 Å². The average molecular weight is 403 g/mol. The Bertz CT molecular complexity index is 1140. The zero-order valence-electron chi connectivity index (χ0n) is 14.7. The first-order chi connectivity index (χ1) is 13.2. The van der Waals surface area contributed by atoms with Gasteiger partial charge in [0.1, 0.15) is 11.6 Å². The van der Waals surface area contributed by atoms with Crippen LogP contribution in [0.1, 0.15) is 22.3 Å². The molecule has 0 saturated carbocycles. The molecule has 0 radical (unpaired) electrons. The van der Waals surface area contributed by atoms with E-state index < -0.39 is 22.9 Å². The molecule has 0 fully saturated rings. The van der Waals surface area contributed by atoms with Crippen molar-refractivity contribution < 1.29 is 13.2 Å². The third kappa shape index (κ3) is 3.80. The summed E-state index contributed by atoms with van der Waals surface area (Å²) in [6.07, 6.45) is -4.83. The summed E-state index contributed by atoms with van der Waals surface area (Å²) in [5.74, 6) is 0. The topological polar surface area (TPSA) is 45.8 Å². The molecule has 0 amide bonds. The third-order valence-electron chi connectivity index (χ3n) is 4.32. The van der Waals surface area contributed by atoms with Gasteiger partial charge in [0.25, 0.3) is 5.56 Å². The van der Waals surface area contributed by atoms with Gasteiger partial charge < -0.3 is 4.57 Å². The summed E-state index contributed by atoms with van der Waals surface area (Å²) in [7, 11) is 0. The van der Waals surface area contributed by atoms with E-state index in [9.17, 15) is 23.2 Å². The highest BCUT2D eigenvalue weighted by Crippen LogP contribution is 2.34. The molecule has 28 heavy (non-hydrogen) atoms. The highest BCUT2D eigenvalue weighted by Gasteiger charge is 2.36. The van der Waals surface area contributed by atoms with Gasteiger partial charge in [0.2, 0.25) is 0 Å². The zero-order valence-corrected chi connectivity index (χ0v) is 15.5. The SMILES string of the molecule is Cc1cccc(-c2cc(C(F)(F)F)c(C#N)c(=O)n2Cc2ccccc2Cl)c1. The van der Waals surface area contributed by atoms with Gasteiger partial charge in [-0.2, -0.15) is 18.4 Å². The third-order valence-corrected chi connectivity index (χ3v) is 4.69. The molecule has 7 heteroatoms. The molecular weight excluding hydrogens is 389 g/mol. The lowest BCUT2D eigenvalue weighted by Crippen LogP contribution is -2.28. The van der Waals surface area contributed by atoms with Crippen molar-refractivity contribution in [3.63, 3.8) is 0 Å². The summed E-state index contributed by atoms with van der Waals surface area (Å²) >= 11 is 6.17. The number of halogens is 4. The van der Waals surface area contributed by atoms with Crippen molar-refractivity contribution in [2.24, 2.45) is 0 Å². The van der Waals surface area contributed by atoms with Gasteiger partial charge >= 0.3 is 6.18 Å². The summed E-state index contributed by atoms with van der Waals surface area (Å²) in [5.41, 5.74) is -1.29. The van der Waals surface area contributed by atoms with Gasteiger partial charge in [-0.3, -0.25) is 4.79 Å². The maximum atomic E-state index is 13.5.